The van der Waals surface area contributed by atoms with E-state index >= 15 is 0 Å². The lowest BCUT2D eigenvalue weighted by atomic mass is 10.2. The zero-order valence-corrected chi connectivity index (χ0v) is 12.5. The van der Waals surface area contributed by atoms with Gasteiger partial charge >= 0.3 is 0 Å². The Balaban J connectivity index is 1.91. The Bertz CT molecular complexity index is 604. The molecule has 2 atom stereocenters. The van der Waals surface area contributed by atoms with E-state index < -0.39 is 10.0 Å². The van der Waals surface area contributed by atoms with Crippen molar-refractivity contribution in [3.8, 4) is 5.75 Å². The summed E-state index contributed by atoms with van der Waals surface area (Å²) < 4.78 is 37.9. The topological polar surface area (TPSA) is 55.8 Å². The van der Waals surface area contributed by atoms with Gasteiger partial charge in [-0.1, -0.05) is 0 Å². The standard InChI is InChI=1S/C14H19NO4S/c1-10-8-15(9-11(2)19-10)20(16,17)13-3-4-14-12(7-13)5-6-18-14/h3-4,7,10-11H,5-6,8-9H2,1-2H3/t10-,11-/m0/s1. The highest BCUT2D eigenvalue weighted by molar-refractivity contribution is 7.89. The Labute approximate surface area is 119 Å². The van der Waals surface area contributed by atoms with Gasteiger partial charge in [0.1, 0.15) is 5.75 Å². The second-order valence-electron chi connectivity index (χ2n) is 5.45. The van der Waals surface area contributed by atoms with Gasteiger partial charge in [-0.25, -0.2) is 8.42 Å². The number of morpholine rings is 1. The molecule has 110 valence electrons. The molecule has 0 unspecified atom stereocenters. The molecule has 0 aliphatic carbocycles. The average Bonchev–Trinajstić information content (AvgIpc) is 2.84. The van der Waals surface area contributed by atoms with Crippen molar-refractivity contribution < 1.29 is 17.9 Å². The summed E-state index contributed by atoms with van der Waals surface area (Å²) in [4.78, 5) is 0.350. The van der Waals surface area contributed by atoms with Gasteiger partial charge in [0.2, 0.25) is 10.0 Å². The fraction of sp³-hybridized carbons (Fsp3) is 0.571. The molecule has 1 aromatic rings. The van der Waals surface area contributed by atoms with Crippen LogP contribution in [0.15, 0.2) is 23.1 Å². The Hall–Kier alpha value is -1.11. The number of rotatable bonds is 2. The Morgan fingerprint density at radius 2 is 1.90 bits per heavy atom. The second-order valence-corrected chi connectivity index (χ2v) is 7.39. The minimum absolute atomic E-state index is 0.0775. The molecule has 2 heterocycles. The van der Waals surface area contributed by atoms with Crippen LogP contribution >= 0.6 is 0 Å². The van der Waals surface area contributed by atoms with Crippen molar-refractivity contribution in [1.29, 1.82) is 0 Å². The Kier molecular flexibility index (Phi) is 3.48. The molecule has 1 aromatic carbocycles. The molecule has 0 aromatic heterocycles. The quantitative estimate of drug-likeness (QED) is 0.828. The summed E-state index contributed by atoms with van der Waals surface area (Å²) in [5.41, 5.74) is 0.973. The predicted octanol–water partition coefficient (Wildman–Crippen LogP) is 1.42. The van der Waals surface area contributed by atoms with Crippen LogP contribution in [0.4, 0.5) is 0 Å². The Morgan fingerprint density at radius 1 is 1.20 bits per heavy atom. The normalized spacial score (nSPS) is 27.1. The van der Waals surface area contributed by atoms with E-state index in [1.165, 1.54) is 4.31 Å². The highest BCUT2D eigenvalue weighted by atomic mass is 32.2. The summed E-state index contributed by atoms with van der Waals surface area (Å²) in [6.45, 7) is 5.23. The number of hydrogen-bond donors (Lipinski definition) is 0. The molecule has 0 N–H and O–H groups in total. The largest absolute Gasteiger partial charge is 0.493 e. The van der Waals surface area contributed by atoms with Crippen LogP contribution in [0.5, 0.6) is 5.75 Å². The molecule has 5 nitrogen and oxygen atoms in total. The minimum atomic E-state index is -3.45. The molecule has 0 spiro atoms. The molecule has 3 rings (SSSR count). The third kappa shape index (κ3) is 2.43. The minimum Gasteiger partial charge on any atom is -0.493 e. The lowest BCUT2D eigenvalue weighted by Crippen LogP contribution is -2.48. The van der Waals surface area contributed by atoms with Crippen LogP contribution in [0.2, 0.25) is 0 Å². The van der Waals surface area contributed by atoms with Crippen LogP contribution in [0.25, 0.3) is 0 Å². The second kappa shape index (κ2) is 5.02. The van der Waals surface area contributed by atoms with E-state index in [0.29, 0.717) is 24.6 Å². The summed E-state index contributed by atoms with van der Waals surface area (Å²) >= 11 is 0. The highest BCUT2D eigenvalue weighted by Gasteiger charge is 2.32. The van der Waals surface area contributed by atoms with Gasteiger partial charge in [-0.05, 0) is 37.6 Å². The summed E-state index contributed by atoms with van der Waals surface area (Å²) in [6.07, 6.45) is 0.617. The van der Waals surface area contributed by atoms with E-state index in [4.69, 9.17) is 9.47 Å². The first-order valence-electron chi connectivity index (χ1n) is 6.88. The zero-order valence-electron chi connectivity index (χ0n) is 11.7. The number of sulfonamides is 1. The molecule has 0 saturated carbocycles. The molecular formula is C14H19NO4S. The van der Waals surface area contributed by atoms with E-state index in [1.807, 2.05) is 13.8 Å². The van der Waals surface area contributed by atoms with E-state index in [0.717, 1.165) is 17.7 Å². The first-order valence-corrected chi connectivity index (χ1v) is 8.32. The van der Waals surface area contributed by atoms with Crippen molar-refractivity contribution in [2.24, 2.45) is 0 Å². The van der Waals surface area contributed by atoms with Crippen LogP contribution < -0.4 is 4.74 Å². The first-order chi connectivity index (χ1) is 9.46. The fourth-order valence-corrected chi connectivity index (χ4v) is 4.44. The zero-order chi connectivity index (χ0) is 14.3. The molecule has 6 heteroatoms. The van der Waals surface area contributed by atoms with Gasteiger partial charge < -0.3 is 9.47 Å². The van der Waals surface area contributed by atoms with Gasteiger partial charge in [-0.3, -0.25) is 0 Å². The van der Waals surface area contributed by atoms with Crippen LogP contribution in [0, 0.1) is 0 Å². The van der Waals surface area contributed by atoms with Crippen molar-refractivity contribution in [3.05, 3.63) is 23.8 Å². The van der Waals surface area contributed by atoms with Crippen LogP contribution in [0.1, 0.15) is 19.4 Å². The molecule has 1 saturated heterocycles. The molecule has 2 aliphatic heterocycles. The van der Waals surface area contributed by atoms with E-state index in [1.54, 1.807) is 18.2 Å². The first kappa shape index (κ1) is 13.9. The molecule has 0 bridgehead atoms. The van der Waals surface area contributed by atoms with E-state index in [2.05, 4.69) is 0 Å². The molecule has 1 fully saturated rings. The van der Waals surface area contributed by atoms with Crippen molar-refractivity contribution in [1.82, 2.24) is 4.31 Å². The maximum Gasteiger partial charge on any atom is 0.243 e. The molecule has 0 amide bonds. The van der Waals surface area contributed by atoms with E-state index in [-0.39, 0.29) is 12.2 Å². The summed E-state index contributed by atoms with van der Waals surface area (Å²) in [5, 5.41) is 0. The third-order valence-electron chi connectivity index (χ3n) is 3.68. The molecule has 0 radical (unpaired) electrons. The van der Waals surface area contributed by atoms with E-state index in [9.17, 15) is 8.42 Å². The third-order valence-corrected chi connectivity index (χ3v) is 5.51. The smallest absolute Gasteiger partial charge is 0.243 e. The maximum absolute atomic E-state index is 12.7. The fourth-order valence-electron chi connectivity index (χ4n) is 2.80. The maximum atomic E-state index is 12.7. The molecular weight excluding hydrogens is 278 g/mol. The number of ether oxygens (including phenoxy) is 2. The van der Waals surface area contributed by atoms with Crippen molar-refractivity contribution in [2.75, 3.05) is 19.7 Å². The Morgan fingerprint density at radius 3 is 2.60 bits per heavy atom. The van der Waals surface area contributed by atoms with Crippen LogP contribution in [-0.4, -0.2) is 44.6 Å². The summed E-state index contributed by atoms with van der Waals surface area (Å²) in [7, 11) is -3.45. The van der Waals surface area contributed by atoms with Gasteiger partial charge in [-0.15, -0.1) is 0 Å². The number of fused-ring (bicyclic) bond motifs is 1. The number of hydrogen-bond acceptors (Lipinski definition) is 4. The SMILES string of the molecule is C[C@H]1CN(S(=O)(=O)c2ccc3c(c2)CCO3)C[C@H](C)O1. The van der Waals surface area contributed by atoms with Crippen molar-refractivity contribution in [3.63, 3.8) is 0 Å². The molecule has 20 heavy (non-hydrogen) atoms. The lowest BCUT2D eigenvalue weighted by molar-refractivity contribution is -0.0440. The van der Waals surface area contributed by atoms with Gasteiger partial charge in [0, 0.05) is 19.5 Å². The lowest BCUT2D eigenvalue weighted by Gasteiger charge is -2.34. The summed E-state index contributed by atoms with van der Waals surface area (Å²) in [6, 6.07) is 5.12. The van der Waals surface area contributed by atoms with Crippen LogP contribution in [-0.2, 0) is 21.2 Å². The monoisotopic (exact) mass is 297 g/mol. The molecule has 2 aliphatic rings. The van der Waals surface area contributed by atoms with Crippen LogP contribution in [0.3, 0.4) is 0 Å². The predicted molar refractivity (Wildman–Crippen MR) is 74.4 cm³/mol. The van der Waals surface area contributed by atoms with Gasteiger partial charge in [0.15, 0.2) is 0 Å². The number of nitrogens with zero attached hydrogens (tertiary/aromatic N) is 1. The van der Waals surface area contributed by atoms with Gasteiger partial charge in [0.05, 0.1) is 23.7 Å². The van der Waals surface area contributed by atoms with Gasteiger partial charge in [-0.2, -0.15) is 4.31 Å². The highest BCUT2D eigenvalue weighted by Crippen LogP contribution is 2.29. The summed E-state index contributed by atoms with van der Waals surface area (Å²) in [5.74, 6) is 0.799. The van der Waals surface area contributed by atoms with Gasteiger partial charge in [0.25, 0.3) is 0 Å². The van der Waals surface area contributed by atoms with Crippen molar-refractivity contribution in [2.45, 2.75) is 37.4 Å². The average molecular weight is 297 g/mol. The van der Waals surface area contributed by atoms with Crippen molar-refractivity contribution >= 4 is 10.0 Å². The number of benzene rings is 1.